The van der Waals surface area contributed by atoms with Crippen LogP contribution in [0.2, 0.25) is 0 Å². The monoisotopic (exact) mass is 341 g/mol. The largest absolute Gasteiger partial charge is 0.493 e. The minimum atomic E-state index is -3.23. The van der Waals surface area contributed by atoms with E-state index in [1.54, 1.807) is 30.1 Å². The Bertz CT molecular complexity index is 613. The number of hydrogen-bond donors (Lipinski definition) is 0. The zero-order chi connectivity index (χ0) is 17.5. The lowest BCUT2D eigenvalue weighted by Gasteiger charge is -2.21. The van der Waals surface area contributed by atoms with Crippen molar-refractivity contribution in [2.24, 2.45) is 5.92 Å². The van der Waals surface area contributed by atoms with Crippen molar-refractivity contribution in [2.75, 3.05) is 26.5 Å². The summed E-state index contributed by atoms with van der Waals surface area (Å²) < 4.78 is 28.6. The van der Waals surface area contributed by atoms with E-state index in [2.05, 4.69) is 6.92 Å². The average Bonchev–Trinajstić information content (AvgIpc) is 2.50. The minimum absolute atomic E-state index is 0.0531. The smallest absolute Gasteiger partial charge is 0.225 e. The number of amides is 1. The summed E-state index contributed by atoms with van der Waals surface area (Å²) >= 11 is 0. The van der Waals surface area contributed by atoms with E-state index in [4.69, 9.17) is 4.74 Å². The first-order valence-corrected chi connectivity index (χ1v) is 9.82. The van der Waals surface area contributed by atoms with Crippen LogP contribution < -0.4 is 4.74 Å². The van der Waals surface area contributed by atoms with Gasteiger partial charge in [-0.05, 0) is 31.0 Å². The fraction of sp³-hybridized carbons (Fsp3) is 0.588. The van der Waals surface area contributed by atoms with Crippen LogP contribution in [-0.4, -0.2) is 45.7 Å². The molecule has 1 aromatic carbocycles. The maximum Gasteiger partial charge on any atom is 0.225 e. The highest BCUT2D eigenvalue weighted by Gasteiger charge is 2.16. The Balaban J connectivity index is 2.42. The number of rotatable bonds is 9. The lowest BCUT2D eigenvalue weighted by molar-refractivity contribution is -0.133. The Morgan fingerprint density at radius 2 is 2.04 bits per heavy atom. The SMILES string of the molecule is CCC[C@H](C)C(=O)N(C)CCCOc1cccc(S(C)(=O)=O)c1. The van der Waals surface area contributed by atoms with Crippen LogP contribution in [0.5, 0.6) is 5.75 Å². The lowest BCUT2D eigenvalue weighted by atomic mass is 10.1. The van der Waals surface area contributed by atoms with Gasteiger partial charge in [0.15, 0.2) is 9.84 Å². The van der Waals surface area contributed by atoms with Gasteiger partial charge < -0.3 is 9.64 Å². The highest BCUT2D eigenvalue weighted by molar-refractivity contribution is 7.90. The third kappa shape index (κ3) is 6.60. The van der Waals surface area contributed by atoms with Gasteiger partial charge in [0, 0.05) is 25.8 Å². The summed E-state index contributed by atoms with van der Waals surface area (Å²) in [5.74, 6) is 0.740. The molecule has 23 heavy (non-hydrogen) atoms. The van der Waals surface area contributed by atoms with Crippen molar-refractivity contribution in [1.82, 2.24) is 4.90 Å². The van der Waals surface area contributed by atoms with E-state index < -0.39 is 9.84 Å². The van der Waals surface area contributed by atoms with Crippen molar-refractivity contribution in [2.45, 2.75) is 38.0 Å². The van der Waals surface area contributed by atoms with Gasteiger partial charge in [0.2, 0.25) is 5.91 Å². The van der Waals surface area contributed by atoms with Crippen LogP contribution in [0.4, 0.5) is 0 Å². The number of carbonyl (C=O) groups is 1. The molecular formula is C17H27NO4S. The molecule has 0 aliphatic rings. The Morgan fingerprint density at radius 1 is 1.35 bits per heavy atom. The Hall–Kier alpha value is -1.56. The first kappa shape index (κ1) is 19.5. The normalized spacial score (nSPS) is 12.7. The number of carbonyl (C=O) groups excluding carboxylic acids is 1. The number of sulfone groups is 1. The van der Waals surface area contributed by atoms with Crippen molar-refractivity contribution < 1.29 is 17.9 Å². The predicted octanol–water partition coefficient (Wildman–Crippen LogP) is 2.75. The topological polar surface area (TPSA) is 63.7 Å². The molecule has 0 aliphatic heterocycles. The number of hydrogen-bond acceptors (Lipinski definition) is 4. The second-order valence-corrected chi connectivity index (χ2v) is 7.91. The number of ether oxygens (including phenoxy) is 1. The van der Waals surface area contributed by atoms with E-state index in [9.17, 15) is 13.2 Å². The maximum atomic E-state index is 12.1. The number of nitrogens with zero attached hydrogens (tertiary/aromatic N) is 1. The van der Waals surface area contributed by atoms with Crippen molar-refractivity contribution in [3.05, 3.63) is 24.3 Å². The maximum absolute atomic E-state index is 12.1. The molecule has 0 aromatic heterocycles. The summed E-state index contributed by atoms with van der Waals surface area (Å²) in [7, 11) is -1.42. The molecular weight excluding hydrogens is 314 g/mol. The van der Waals surface area contributed by atoms with Crippen molar-refractivity contribution >= 4 is 15.7 Å². The van der Waals surface area contributed by atoms with Crippen LogP contribution in [0.1, 0.15) is 33.1 Å². The van der Waals surface area contributed by atoms with Gasteiger partial charge in [-0.1, -0.05) is 26.3 Å². The first-order valence-electron chi connectivity index (χ1n) is 7.93. The molecule has 5 nitrogen and oxygen atoms in total. The van der Waals surface area contributed by atoms with Gasteiger partial charge >= 0.3 is 0 Å². The minimum Gasteiger partial charge on any atom is -0.493 e. The Labute approximate surface area is 139 Å². The lowest BCUT2D eigenvalue weighted by Crippen LogP contribution is -2.33. The number of benzene rings is 1. The molecule has 0 saturated carbocycles. The quantitative estimate of drug-likeness (QED) is 0.648. The summed E-state index contributed by atoms with van der Waals surface area (Å²) in [6.45, 7) is 5.09. The molecule has 0 aliphatic carbocycles. The van der Waals surface area contributed by atoms with Gasteiger partial charge in [-0.3, -0.25) is 4.79 Å². The summed E-state index contributed by atoms with van der Waals surface area (Å²) in [6.07, 6.45) is 3.77. The molecule has 0 spiro atoms. The van der Waals surface area contributed by atoms with Crippen LogP contribution in [0.15, 0.2) is 29.2 Å². The molecule has 6 heteroatoms. The molecule has 0 N–H and O–H groups in total. The van der Waals surface area contributed by atoms with E-state index in [1.165, 1.54) is 12.3 Å². The molecule has 0 fully saturated rings. The molecule has 0 saturated heterocycles. The van der Waals surface area contributed by atoms with E-state index in [-0.39, 0.29) is 16.7 Å². The summed E-state index contributed by atoms with van der Waals surface area (Å²) in [4.78, 5) is 14.0. The van der Waals surface area contributed by atoms with Gasteiger partial charge in [-0.25, -0.2) is 8.42 Å². The van der Waals surface area contributed by atoms with Crippen LogP contribution in [-0.2, 0) is 14.6 Å². The highest BCUT2D eigenvalue weighted by atomic mass is 32.2. The summed E-state index contributed by atoms with van der Waals surface area (Å²) in [5, 5.41) is 0. The third-order valence-corrected chi connectivity index (χ3v) is 4.77. The van der Waals surface area contributed by atoms with Crippen LogP contribution in [0.3, 0.4) is 0 Å². The molecule has 1 atom stereocenters. The van der Waals surface area contributed by atoms with Crippen LogP contribution in [0, 0.1) is 5.92 Å². The Kier molecular flexibility index (Phi) is 7.55. The molecule has 0 heterocycles. The standard InChI is InChI=1S/C17H27NO4S/c1-5-8-14(2)17(19)18(3)11-7-12-22-15-9-6-10-16(13-15)23(4,20)21/h6,9-10,13-14H,5,7-8,11-12H2,1-4H3/t14-/m0/s1. The fourth-order valence-corrected chi connectivity index (χ4v) is 2.99. The fourth-order valence-electron chi connectivity index (χ4n) is 2.33. The van der Waals surface area contributed by atoms with Gasteiger partial charge in [0.25, 0.3) is 0 Å². The zero-order valence-corrected chi connectivity index (χ0v) is 15.2. The van der Waals surface area contributed by atoms with E-state index in [1.807, 2.05) is 6.92 Å². The highest BCUT2D eigenvalue weighted by Crippen LogP contribution is 2.17. The summed E-state index contributed by atoms with van der Waals surface area (Å²) in [6, 6.07) is 6.46. The zero-order valence-electron chi connectivity index (χ0n) is 14.4. The molecule has 0 unspecified atom stereocenters. The second-order valence-electron chi connectivity index (χ2n) is 5.90. The molecule has 130 valence electrons. The first-order chi connectivity index (χ1) is 10.8. The second kappa shape index (κ2) is 8.91. The molecule has 1 rings (SSSR count). The average molecular weight is 341 g/mol. The van der Waals surface area contributed by atoms with Crippen molar-refractivity contribution in [3.63, 3.8) is 0 Å². The van der Waals surface area contributed by atoms with Gasteiger partial charge in [-0.15, -0.1) is 0 Å². The molecule has 1 aromatic rings. The van der Waals surface area contributed by atoms with Crippen molar-refractivity contribution in [1.29, 1.82) is 0 Å². The third-order valence-electron chi connectivity index (χ3n) is 3.66. The van der Waals surface area contributed by atoms with E-state index >= 15 is 0 Å². The molecule has 1 amide bonds. The molecule has 0 radical (unpaired) electrons. The van der Waals surface area contributed by atoms with Gasteiger partial charge in [0.1, 0.15) is 5.75 Å². The van der Waals surface area contributed by atoms with Gasteiger partial charge in [-0.2, -0.15) is 0 Å². The summed E-state index contributed by atoms with van der Waals surface area (Å²) in [5.41, 5.74) is 0. The van der Waals surface area contributed by atoms with Crippen LogP contribution >= 0.6 is 0 Å². The Morgan fingerprint density at radius 3 is 2.65 bits per heavy atom. The van der Waals surface area contributed by atoms with Crippen molar-refractivity contribution in [3.8, 4) is 5.75 Å². The van der Waals surface area contributed by atoms with Crippen LogP contribution in [0.25, 0.3) is 0 Å². The van der Waals surface area contributed by atoms with E-state index in [0.717, 1.165) is 12.8 Å². The molecule has 0 bridgehead atoms. The van der Waals surface area contributed by atoms with Gasteiger partial charge in [0.05, 0.1) is 11.5 Å². The predicted molar refractivity (Wildman–Crippen MR) is 91.4 cm³/mol. The van der Waals surface area contributed by atoms with E-state index in [0.29, 0.717) is 25.3 Å².